The number of nitrogens with zero attached hydrogens (tertiary/aromatic N) is 1. The SMILES string of the molecule is Cc1cc(C)cc(C(Cc2ccncc2)NN)c1. The summed E-state index contributed by atoms with van der Waals surface area (Å²) in [4.78, 5) is 4.03. The van der Waals surface area contributed by atoms with Gasteiger partial charge in [-0.25, -0.2) is 0 Å². The summed E-state index contributed by atoms with van der Waals surface area (Å²) in [6.07, 6.45) is 4.48. The van der Waals surface area contributed by atoms with E-state index in [4.69, 9.17) is 5.84 Å². The molecule has 0 bridgehead atoms. The summed E-state index contributed by atoms with van der Waals surface area (Å²) in [5.74, 6) is 5.69. The van der Waals surface area contributed by atoms with E-state index in [0.29, 0.717) is 0 Å². The lowest BCUT2D eigenvalue weighted by molar-refractivity contribution is 0.551. The largest absolute Gasteiger partial charge is 0.271 e. The first-order valence-electron chi connectivity index (χ1n) is 6.12. The molecule has 0 spiro atoms. The van der Waals surface area contributed by atoms with Crippen molar-refractivity contribution in [3.63, 3.8) is 0 Å². The second-order valence-corrected chi connectivity index (χ2v) is 4.70. The van der Waals surface area contributed by atoms with Crippen LogP contribution >= 0.6 is 0 Å². The van der Waals surface area contributed by atoms with Crippen molar-refractivity contribution in [3.05, 3.63) is 65.0 Å². The monoisotopic (exact) mass is 241 g/mol. The third-order valence-corrected chi connectivity index (χ3v) is 3.04. The van der Waals surface area contributed by atoms with Crippen LogP contribution in [0.25, 0.3) is 0 Å². The predicted molar refractivity (Wildman–Crippen MR) is 73.9 cm³/mol. The van der Waals surface area contributed by atoms with Gasteiger partial charge in [-0.3, -0.25) is 16.3 Å². The van der Waals surface area contributed by atoms with Crippen molar-refractivity contribution in [2.24, 2.45) is 5.84 Å². The molecule has 0 saturated heterocycles. The van der Waals surface area contributed by atoms with Crippen LogP contribution < -0.4 is 11.3 Å². The molecule has 2 aromatic rings. The zero-order valence-corrected chi connectivity index (χ0v) is 10.9. The number of aryl methyl sites for hydroxylation is 2. The normalized spacial score (nSPS) is 12.4. The molecule has 1 aromatic heterocycles. The first-order valence-corrected chi connectivity index (χ1v) is 6.12. The molecule has 0 aliphatic rings. The smallest absolute Gasteiger partial charge is 0.0500 e. The maximum Gasteiger partial charge on any atom is 0.0500 e. The molecule has 0 amide bonds. The molecule has 1 atom stereocenters. The summed E-state index contributed by atoms with van der Waals surface area (Å²) >= 11 is 0. The molecule has 3 nitrogen and oxygen atoms in total. The second-order valence-electron chi connectivity index (χ2n) is 4.70. The molecule has 18 heavy (non-hydrogen) atoms. The zero-order chi connectivity index (χ0) is 13.0. The van der Waals surface area contributed by atoms with E-state index < -0.39 is 0 Å². The van der Waals surface area contributed by atoms with E-state index >= 15 is 0 Å². The van der Waals surface area contributed by atoms with Crippen molar-refractivity contribution in [2.45, 2.75) is 26.3 Å². The van der Waals surface area contributed by atoms with Crippen LogP contribution in [0.2, 0.25) is 0 Å². The summed E-state index contributed by atoms with van der Waals surface area (Å²) in [5.41, 5.74) is 7.89. The number of hydrogen-bond donors (Lipinski definition) is 2. The van der Waals surface area contributed by atoms with Crippen LogP contribution in [0, 0.1) is 13.8 Å². The molecule has 0 aliphatic carbocycles. The fraction of sp³-hybridized carbons (Fsp3) is 0.267. The Kier molecular flexibility index (Phi) is 4.07. The van der Waals surface area contributed by atoms with E-state index in [0.717, 1.165) is 6.42 Å². The Morgan fingerprint density at radius 3 is 2.28 bits per heavy atom. The highest BCUT2D eigenvalue weighted by atomic mass is 15.2. The first kappa shape index (κ1) is 12.7. The highest BCUT2D eigenvalue weighted by Gasteiger charge is 2.11. The van der Waals surface area contributed by atoms with Crippen LogP contribution in [0.5, 0.6) is 0 Å². The van der Waals surface area contributed by atoms with Gasteiger partial charge in [0.25, 0.3) is 0 Å². The average molecular weight is 241 g/mol. The maximum atomic E-state index is 5.69. The number of nitrogens with two attached hydrogens (primary N) is 1. The first-order chi connectivity index (χ1) is 8.69. The van der Waals surface area contributed by atoms with Gasteiger partial charge in [-0.15, -0.1) is 0 Å². The Morgan fingerprint density at radius 2 is 1.72 bits per heavy atom. The molecule has 1 unspecified atom stereocenters. The van der Waals surface area contributed by atoms with Crippen LogP contribution in [-0.2, 0) is 6.42 Å². The molecule has 3 N–H and O–H groups in total. The Hall–Kier alpha value is -1.71. The van der Waals surface area contributed by atoms with Gasteiger partial charge >= 0.3 is 0 Å². The molecule has 0 saturated carbocycles. The Morgan fingerprint density at radius 1 is 1.11 bits per heavy atom. The molecule has 0 radical (unpaired) electrons. The molecule has 1 heterocycles. The Bertz CT molecular complexity index is 488. The minimum atomic E-state index is 0.131. The van der Waals surface area contributed by atoms with Crippen LogP contribution in [0.4, 0.5) is 0 Å². The molecule has 3 heteroatoms. The number of rotatable bonds is 4. The van der Waals surface area contributed by atoms with Gasteiger partial charge in [0.1, 0.15) is 0 Å². The number of aromatic nitrogens is 1. The lowest BCUT2D eigenvalue weighted by Gasteiger charge is -2.17. The lowest BCUT2D eigenvalue weighted by Crippen LogP contribution is -2.29. The van der Waals surface area contributed by atoms with E-state index in [1.807, 2.05) is 24.5 Å². The van der Waals surface area contributed by atoms with E-state index in [-0.39, 0.29) is 6.04 Å². The summed E-state index contributed by atoms with van der Waals surface area (Å²) in [6.45, 7) is 4.22. The number of hydrogen-bond acceptors (Lipinski definition) is 3. The van der Waals surface area contributed by atoms with Gasteiger partial charge in [0.15, 0.2) is 0 Å². The van der Waals surface area contributed by atoms with Gasteiger partial charge in [-0.2, -0.15) is 0 Å². The standard InChI is InChI=1S/C15H19N3/c1-11-7-12(2)9-14(8-11)15(18-16)10-13-3-5-17-6-4-13/h3-9,15,18H,10,16H2,1-2H3. The highest BCUT2D eigenvalue weighted by molar-refractivity contribution is 5.31. The van der Waals surface area contributed by atoms with Crippen molar-refractivity contribution in [3.8, 4) is 0 Å². The van der Waals surface area contributed by atoms with E-state index in [2.05, 4.69) is 42.5 Å². The molecule has 94 valence electrons. The summed E-state index contributed by atoms with van der Waals surface area (Å²) < 4.78 is 0. The average Bonchev–Trinajstić information content (AvgIpc) is 2.36. The zero-order valence-electron chi connectivity index (χ0n) is 10.9. The van der Waals surface area contributed by atoms with Crippen LogP contribution in [0.3, 0.4) is 0 Å². The quantitative estimate of drug-likeness (QED) is 0.638. The van der Waals surface area contributed by atoms with E-state index in [9.17, 15) is 0 Å². The fourth-order valence-corrected chi connectivity index (χ4v) is 2.24. The van der Waals surface area contributed by atoms with Crippen LogP contribution in [0.15, 0.2) is 42.7 Å². The highest BCUT2D eigenvalue weighted by Crippen LogP contribution is 2.20. The minimum absolute atomic E-state index is 0.131. The van der Waals surface area contributed by atoms with Crippen molar-refractivity contribution in [2.75, 3.05) is 0 Å². The third kappa shape index (κ3) is 3.15. The molecular weight excluding hydrogens is 222 g/mol. The fourth-order valence-electron chi connectivity index (χ4n) is 2.24. The molecule has 0 aliphatic heterocycles. The van der Waals surface area contributed by atoms with Crippen LogP contribution in [0.1, 0.15) is 28.3 Å². The number of benzene rings is 1. The van der Waals surface area contributed by atoms with Gasteiger partial charge < -0.3 is 0 Å². The van der Waals surface area contributed by atoms with Crippen molar-refractivity contribution in [1.29, 1.82) is 0 Å². The van der Waals surface area contributed by atoms with Crippen molar-refractivity contribution >= 4 is 0 Å². The molecule has 1 aromatic carbocycles. The van der Waals surface area contributed by atoms with Gasteiger partial charge in [-0.05, 0) is 43.5 Å². The Balaban J connectivity index is 2.23. The summed E-state index contributed by atoms with van der Waals surface area (Å²) in [7, 11) is 0. The van der Waals surface area contributed by atoms with E-state index in [1.165, 1.54) is 22.3 Å². The topological polar surface area (TPSA) is 50.9 Å². The van der Waals surface area contributed by atoms with Gasteiger partial charge in [-0.1, -0.05) is 29.3 Å². The molecule has 2 rings (SSSR count). The van der Waals surface area contributed by atoms with E-state index in [1.54, 1.807) is 0 Å². The van der Waals surface area contributed by atoms with Gasteiger partial charge in [0.05, 0.1) is 0 Å². The lowest BCUT2D eigenvalue weighted by atomic mass is 9.97. The minimum Gasteiger partial charge on any atom is -0.271 e. The second kappa shape index (κ2) is 5.76. The van der Waals surface area contributed by atoms with Crippen molar-refractivity contribution in [1.82, 2.24) is 10.4 Å². The third-order valence-electron chi connectivity index (χ3n) is 3.04. The number of hydrazine groups is 1. The predicted octanol–water partition coefficient (Wildman–Crippen LogP) is 2.45. The molecular formula is C15H19N3. The van der Waals surface area contributed by atoms with Crippen LogP contribution in [-0.4, -0.2) is 4.98 Å². The summed E-state index contributed by atoms with van der Waals surface area (Å²) in [5, 5.41) is 0. The summed E-state index contributed by atoms with van der Waals surface area (Å²) in [6, 6.07) is 10.7. The molecule has 0 fully saturated rings. The number of pyridine rings is 1. The van der Waals surface area contributed by atoms with Gasteiger partial charge in [0, 0.05) is 18.4 Å². The van der Waals surface area contributed by atoms with Crippen molar-refractivity contribution < 1.29 is 0 Å². The Labute approximate surface area is 108 Å². The maximum absolute atomic E-state index is 5.69. The van der Waals surface area contributed by atoms with Gasteiger partial charge in [0.2, 0.25) is 0 Å². The number of nitrogens with one attached hydrogen (secondary N) is 1.